The minimum atomic E-state index is 0.550. The van der Waals surface area contributed by atoms with Crippen molar-refractivity contribution >= 4 is 0 Å². The van der Waals surface area contributed by atoms with Crippen molar-refractivity contribution in [3.8, 4) is 0 Å². The average molecular weight is 126 g/mol. The van der Waals surface area contributed by atoms with Crippen LogP contribution in [0, 0.1) is 0 Å². The summed E-state index contributed by atoms with van der Waals surface area (Å²) in [5.74, 6) is 0.550. The smallest absolute Gasteiger partial charge is 0.334 e. The van der Waals surface area contributed by atoms with Crippen LogP contribution in [0.4, 0.5) is 0 Å². The van der Waals surface area contributed by atoms with E-state index in [1.54, 1.807) is 12.7 Å². The highest BCUT2D eigenvalue weighted by atomic mass is 16.3. The van der Waals surface area contributed by atoms with Gasteiger partial charge in [-0.25, -0.2) is 0 Å². The maximum absolute atomic E-state index is 4.97. The van der Waals surface area contributed by atoms with Crippen molar-refractivity contribution in [1.82, 2.24) is 0 Å². The summed E-state index contributed by atoms with van der Waals surface area (Å²) in [6.45, 7) is 4.29. The van der Waals surface area contributed by atoms with Crippen molar-refractivity contribution in [2.75, 3.05) is 0 Å². The lowest BCUT2D eigenvalue weighted by Gasteiger charge is -1.92. The summed E-state index contributed by atoms with van der Waals surface area (Å²) >= 11 is 0. The van der Waals surface area contributed by atoms with Gasteiger partial charge in [0, 0.05) is 5.92 Å². The standard InChI is InChI=1S/C7H12NO/c1-6(2)7-4-9-5-8(7)3/h4-6H,1-3H3/q+1. The zero-order valence-electron chi connectivity index (χ0n) is 6.09. The lowest BCUT2D eigenvalue weighted by atomic mass is 10.1. The molecular formula is C7H12NO+. The fraction of sp³-hybridized carbons (Fsp3) is 0.571. The van der Waals surface area contributed by atoms with E-state index in [4.69, 9.17) is 4.42 Å². The zero-order valence-corrected chi connectivity index (χ0v) is 6.09. The average Bonchev–Trinajstić information content (AvgIpc) is 2.13. The van der Waals surface area contributed by atoms with Crippen LogP contribution >= 0.6 is 0 Å². The molecule has 9 heavy (non-hydrogen) atoms. The van der Waals surface area contributed by atoms with E-state index in [0.717, 1.165) is 0 Å². The van der Waals surface area contributed by atoms with Gasteiger partial charge in [-0.1, -0.05) is 13.8 Å². The van der Waals surface area contributed by atoms with Gasteiger partial charge < -0.3 is 4.42 Å². The monoisotopic (exact) mass is 126 g/mol. The third-order valence-corrected chi connectivity index (χ3v) is 1.41. The number of aryl methyl sites for hydroxylation is 1. The van der Waals surface area contributed by atoms with E-state index in [2.05, 4.69) is 13.8 Å². The first-order chi connectivity index (χ1) is 4.22. The van der Waals surface area contributed by atoms with Gasteiger partial charge in [0.25, 0.3) is 0 Å². The Labute approximate surface area is 55.1 Å². The Morgan fingerprint density at radius 2 is 2.22 bits per heavy atom. The summed E-state index contributed by atoms with van der Waals surface area (Å²) in [7, 11) is 1.98. The number of nitrogens with zero attached hydrogens (tertiary/aromatic N) is 1. The predicted molar refractivity (Wildman–Crippen MR) is 34.0 cm³/mol. The predicted octanol–water partition coefficient (Wildman–Crippen LogP) is 1.23. The molecular weight excluding hydrogens is 114 g/mol. The minimum absolute atomic E-state index is 0.550. The molecule has 1 aromatic rings. The molecule has 2 nitrogen and oxygen atoms in total. The van der Waals surface area contributed by atoms with E-state index < -0.39 is 0 Å². The highest BCUT2D eigenvalue weighted by Crippen LogP contribution is 2.07. The van der Waals surface area contributed by atoms with Crippen LogP contribution in [0.5, 0.6) is 0 Å². The highest BCUT2D eigenvalue weighted by Gasteiger charge is 2.11. The van der Waals surface area contributed by atoms with Crippen LogP contribution in [0.2, 0.25) is 0 Å². The van der Waals surface area contributed by atoms with Gasteiger partial charge in [0.15, 0.2) is 6.26 Å². The lowest BCUT2D eigenvalue weighted by molar-refractivity contribution is -0.682. The molecule has 0 aliphatic rings. The summed E-state index contributed by atoms with van der Waals surface area (Å²) in [6.07, 6.45) is 3.49. The number of aromatic nitrogens is 1. The van der Waals surface area contributed by atoms with Gasteiger partial charge in [-0.05, 0) is 0 Å². The summed E-state index contributed by atoms with van der Waals surface area (Å²) < 4.78 is 6.96. The number of rotatable bonds is 1. The molecule has 50 valence electrons. The molecule has 1 rings (SSSR count). The molecule has 0 atom stereocenters. The van der Waals surface area contributed by atoms with Gasteiger partial charge in [0.1, 0.15) is 7.05 Å². The van der Waals surface area contributed by atoms with Crippen LogP contribution in [0.25, 0.3) is 0 Å². The van der Waals surface area contributed by atoms with E-state index in [9.17, 15) is 0 Å². The second kappa shape index (κ2) is 2.21. The van der Waals surface area contributed by atoms with Crippen molar-refractivity contribution in [3.63, 3.8) is 0 Å². The molecule has 0 saturated heterocycles. The Kier molecular flexibility index (Phi) is 1.56. The van der Waals surface area contributed by atoms with E-state index in [0.29, 0.717) is 5.92 Å². The number of hydrogen-bond acceptors (Lipinski definition) is 1. The van der Waals surface area contributed by atoms with Crippen LogP contribution in [0.15, 0.2) is 17.1 Å². The van der Waals surface area contributed by atoms with E-state index in [-0.39, 0.29) is 0 Å². The van der Waals surface area contributed by atoms with Crippen LogP contribution in [0.1, 0.15) is 25.5 Å². The third kappa shape index (κ3) is 1.12. The Bertz CT molecular complexity index is 191. The molecule has 0 aliphatic carbocycles. The molecule has 0 saturated carbocycles. The van der Waals surface area contributed by atoms with Gasteiger partial charge in [-0.2, -0.15) is 4.57 Å². The molecule has 0 unspecified atom stereocenters. The fourth-order valence-electron chi connectivity index (χ4n) is 0.879. The molecule has 0 amide bonds. The first-order valence-corrected chi connectivity index (χ1v) is 3.13. The lowest BCUT2D eigenvalue weighted by Crippen LogP contribution is -2.30. The van der Waals surface area contributed by atoms with Gasteiger partial charge in [-0.3, -0.25) is 0 Å². The molecule has 1 heterocycles. The Morgan fingerprint density at radius 1 is 1.56 bits per heavy atom. The van der Waals surface area contributed by atoms with Gasteiger partial charge in [0.2, 0.25) is 5.69 Å². The SMILES string of the molecule is CC(C)c1coc[n+]1C. The summed E-state index contributed by atoms with van der Waals surface area (Å²) in [5.41, 5.74) is 1.23. The van der Waals surface area contributed by atoms with Crippen molar-refractivity contribution in [1.29, 1.82) is 0 Å². The van der Waals surface area contributed by atoms with Crippen LogP contribution < -0.4 is 4.57 Å². The molecule has 0 radical (unpaired) electrons. The number of oxazole rings is 1. The summed E-state index contributed by atoms with van der Waals surface area (Å²) in [4.78, 5) is 0. The van der Waals surface area contributed by atoms with Crippen molar-refractivity contribution in [2.24, 2.45) is 7.05 Å². The third-order valence-electron chi connectivity index (χ3n) is 1.41. The second-order valence-electron chi connectivity index (χ2n) is 2.55. The number of hydrogen-bond donors (Lipinski definition) is 0. The minimum Gasteiger partial charge on any atom is -0.412 e. The van der Waals surface area contributed by atoms with Crippen molar-refractivity contribution < 1.29 is 8.98 Å². The van der Waals surface area contributed by atoms with Crippen LogP contribution in [0.3, 0.4) is 0 Å². The van der Waals surface area contributed by atoms with Gasteiger partial charge in [-0.15, -0.1) is 0 Å². The molecule has 1 aromatic heterocycles. The molecule has 0 fully saturated rings. The van der Waals surface area contributed by atoms with E-state index >= 15 is 0 Å². The largest absolute Gasteiger partial charge is 0.412 e. The Morgan fingerprint density at radius 3 is 2.44 bits per heavy atom. The molecule has 0 bridgehead atoms. The molecule has 0 N–H and O–H groups in total. The first-order valence-electron chi connectivity index (χ1n) is 3.13. The Hall–Kier alpha value is -0.790. The van der Waals surface area contributed by atoms with Crippen LogP contribution in [-0.2, 0) is 7.05 Å². The van der Waals surface area contributed by atoms with E-state index in [1.165, 1.54) is 5.69 Å². The van der Waals surface area contributed by atoms with Crippen molar-refractivity contribution in [2.45, 2.75) is 19.8 Å². The fourth-order valence-corrected chi connectivity index (χ4v) is 0.879. The Balaban J connectivity index is 2.94. The topological polar surface area (TPSA) is 17.0 Å². The summed E-state index contributed by atoms with van der Waals surface area (Å²) in [6, 6.07) is 0. The second-order valence-corrected chi connectivity index (χ2v) is 2.55. The van der Waals surface area contributed by atoms with E-state index in [1.807, 2.05) is 11.6 Å². The normalized spacial score (nSPS) is 10.7. The first kappa shape index (κ1) is 6.33. The maximum atomic E-state index is 4.97. The summed E-state index contributed by atoms with van der Waals surface area (Å²) in [5, 5.41) is 0. The maximum Gasteiger partial charge on any atom is 0.334 e. The molecule has 2 heteroatoms. The van der Waals surface area contributed by atoms with Crippen molar-refractivity contribution in [3.05, 3.63) is 18.4 Å². The zero-order chi connectivity index (χ0) is 6.85. The highest BCUT2D eigenvalue weighted by molar-refractivity contribution is 4.89. The quantitative estimate of drug-likeness (QED) is 0.517. The van der Waals surface area contributed by atoms with Crippen LogP contribution in [-0.4, -0.2) is 0 Å². The molecule has 0 aliphatic heterocycles. The molecule has 0 spiro atoms. The van der Waals surface area contributed by atoms with Gasteiger partial charge >= 0.3 is 6.39 Å². The van der Waals surface area contributed by atoms with Gasteiger partial charge in [0.05, 0.1) is 0 Å². The molecule has 0 aromatic carbocycles.